The Kier molecular flexibility index (Phi) is 8.05. The highest BCUT2D eigenvalue weighted by molar-refractivity contribution is 6.09. The number of nitrogens with two attached hydrogens (primary N) is 1. The van der Waals surface area contributed by atoms with Crippen LogP contribution in [0.25, 0.3) is 66.9 Å². The van der Waals surface area contributed by atoms with E-state index in [2.05, 4.69) is 66.8 Å². The fourth-order valence-corrected chi connectivity index (χ4v) is 7.34. The number of rotatable bonds is 7. The topological polar surface area (TPSA) is 88.4 Å². The molecule has 1 aliphatic carbocycles. The minimum absolute atomic E-state index is 0.551. The van der Waals surface area contributed by atoms with Gasteiger partial charge in [0.15, 0.2) is 5.58 Å². The fourth-order valence-electron chi connectivity index (χ4n) is 7.34. The van der Waals surface area contributed by atoms with E-state index < -0.39 is 6.04 Å². The highest BCUT2D eigenvalue weighted by Crippen LogP contribution is 2.41. The average Bonchev–Trinajstić information content (AvgIpc) is 3.79. The van der Waals surface area contributed by atoms with Gasteiger partial charge in [0, 0.05) is 44.8 Å². The number of aryl methyl sites for hydroxylation is 1. The van der Waals surface area contributed by atoms with Gasteiger partial charge in [-0.3, -0.25) is 4.99 Å². The molecule has 1 unspecified atom stereocenters. The summed E-state index contributed by atoms with van der Waals surface area (Å²) in [6, 6.07) is 48.5. The van der Waals surface area contributed by atoms with Gasteiger partial charge in [0.2, 0.25) is 0 Å². The molecule has 0 saturated heterocycles. The van der Waals surface area contributed by atoms with Crippen molar-refractivity contribution < 1.29 is 8.83 Å². The Morgan fingerprint density at radius 3 is 2.47 bits per heavy atom. The second-order valence-corrected chi connectivity index (χ2v) is 13.4. The molecule has 8 aromatic rings. The number of furan rings is 2. The Balaban J connectivity index is 1.25. The molecule has 53 heavy (non-hydrogen) atoms. The lowest BCUT2D eigenvalue weighted by Gasteiger charge is -2.15. The zero-order valence-corrected chi connectivity index (χ0v) is 29.1. The summed E-state index contributed by atoms with van der Waals surface area (Å²) in [6.45, 7) is 1.99. The van der Waals surface area contributed by atoms with Gasteiger partial charge in [-0.2, -0.15) is 5.26 Å². The van der Waals surface area contributed by atoms with Gasteiger partial charge in [0.25, 0.3) is 0 Å². The second-order valence-electron chi connectivity index (χ2n) is 13.4. The lowest BCUT2D eigenvalue weighted by molar-refractivity contribution is 0.596. The molecule has 2 aromatic heterocycles. The number of fused-ring (bicyclic) bond motifs is 6. The number of hydrogen-bond acceptors (Lipinski definition) is 5. The van der Waals surface area contributed by atoms with Gasteiger partial charge < -0.3 is 14.6 Å². The van der Waals surface area contributed by atoms with Crippen molar-refractivity contribution in [2.75, 3.05) is 0 Å². The standard InChI is InChI=1S/C48H33N3O2/c1-30(32-13-3-2-4-14-32)51-44(33-15-9-12-31(24-33)29-49)28-43(50)36-26-34(37-18-10-20-41-39-16-5-7-22-45(39)52-47(37)41)25-35(27-36)38-19-11-21-42-40-17-6-8-23-46(40)53-48(38)42/h2-5,7-9,11-16,18-19,21-28,43H,6,17,50H2,1H3/b44-28-,51-30+. The van der Waals surface area contributed by atoms with E-state index >= 15 is 0 Å². The first-order chi connectivity index (χ1) is 26.0. The zero-order valence-electron chi connectivity index (χ0n) is 29.1. The summed E-state index contributed by atoms with van der Waals surface area (Å²) in [5.74, 6) is 0.919. The fraction of sp³-hybridized carbons (Fsp3) is 0.0833. The van der Waals surface area contributed by atoms with Crippen LogP contribution in [-0.2, 0) is 6.42 Å². The Morgan fingerprint density at radius 2 is 1.60 bits per heavy atom. The highest BCUT2D eigenvalue weighted by atomic mass is 16.3. The maximum Gasteiger partial charge on any atom is 0.152 e. The van der Waals surface area contributed by atoms with Crippen LogP contribution < -0.4 is 5.73 Å². The zero-order chi connectivity index (χ0) is 35.9. The predicted molar refractivity (Wildman–Crippen MR) is 214 cm³/mol. The van der Waals surface area contributed by atoms with Crippen LogP contribution in [0, 0.1) is 23.5 Å². The van der Waals surface area contributed by atoms with Crippen LogP contribution >= 0.6 is 0 Å². The molecular formula is C48H33N3O2. The van der Waals surface area contributed by atoms with Gasteiger partial charge in [-0.05, 0) is 96.6 Å². The molecule has 9 rings (SSSR count). The maximum atomic E-state index is 9.74. The van der Waals surface area contributed by atoms with Crippen LogP contribution in [0.2, 0.25) is 0 Å². The number of para-hydroxylation sites is 2. The van der Waals surface area contributed by atoms with E-state index in [0.717, 1.165) is 96.2 Å². The number of hydrogen-bond donors (Lipinski definition) is 1. The molecule has 0 radical (unpaired) electrons. The average molecular weight is 684 g/mol. The lowest BCUT2D eigenvalue weighted by Crippen LogP contribution is -2.09. The minimum atomic E-state index is -0.570. The molecule has 5 heteroatoms. The molecule has 2 N–H and O–H groups in total. The Morgan fingerprint density at radius 1 is 0.830 bits per heavy atom. The molecule has 0 spiro atoms. The molecule has 0 amide bonds. The summed E-state index contributed by atoms with van der Waals surface area (Å²) >= 11 is 0. The summed E-state index contributed by atoms with van der Waals surface area (Å²) in [5, 5.41) is 12.7. The monoisotopic (exact) mass is 683 g/mol. The molecular weight excluding hydrogens is 651 g/mol. The second kappa shape index (κ2) is 13.3. The first kappa shape index (κ1) is 32.0. The molecule has 0 aliphatic heterocycles. The molecule has 252 valence electrons. The SMILES string of the molecule is C/C(=N\C(=C/C(N)c1cc(-c2cccc3c4c(oc23)C=CCC4)cc(-c2cc#cc3c2oc2ccccc23)c1)c1cccc(C#N)c1)c1ccccc1. The van der Waals surface area contributed by atoms with Gasteiger partial charge in [-0.15, -0.1) is 0 Å². The summed E-state index contributed by atoms with van der Waals surface area (Å²) in [7, 11) is 0. The van der Waals surface area contributed by atoms with E-state index in [1.165, 1.54) is 5.56 Å². The van der Waals surface area contributed by atoms with E-state index in [-0.39, 0.29) is 0 Å². The summed E-state index contributed by atoms with van der Waals surface area (Å²) < 4.78 is 13.0. The third-order valence-electron chi connectivity index (χ3n) is 10.0. The first-order valence-electron chi connectivity index (χ1n) is 17.7. The van der Waals surface area contributed by atoms with Crippen molar-refractivity contribution in [3.8, 4) is 28.3 Å². The Labute approximate surface area is 307 Å². The number of aliphatic imine (C=N–C) groups is 1. The predicted octanol–water partition coefficient (Wildman–Crippen LogP) is 11.6. The van der Waals surface area contributed by atoms with Crippen LogP contribution in [0.1, 0.15) is 53.0 Å². The summed E-state index contributed by atoms with van der Waals surface area (Å²) in [6.07, 6.45) is 8.17. The molecule has 6 aromatic carbocycles. The molecule has 0 bridgehead atoms. The van der Waals surface area contributed by atoms with Crippen molar-refractivity contribution in [3.05, 3.63) is 179 Å². The third-order valence-corrected chi connectivity index (χ3v) is 10.0. The summed E-state index contributed by atoms with van der Waals surface area (Å²) in [5.41, 5.74) is 19.4. The molecule has 2 heterocycles. The van der Waals surface area contributed by atoms with E-state index in [4.69, 9.17) is 19.6 Å². The molecule has 0 fully saturated rings. The van der Waals surface area contributed by atoms with Gasteiger partial charge in [-0.25, -0.2) is 0 Å². The van der Waals surface area contributed by atoms with Crippen molar-refractivity contribution in [1.82, 2.24) is 0 Å². The number of benzene rings is 5. The van der Waals surface area contributed by atoms with Crippen molar-refractivity contribution in [2.45, 2.75) is 25.8 Å². The molecule has 1 atom stereocenters. The van der Waals surface area contributed by atoms with Gasteiger partial charge >= 0.3 is 0 Å². The van der Waals surface area contributed by atoms with Crippen LogP contribution in [-0.4, -0.2) is 5.71 Å². The normalized spacial score (nSPS) is 13.6. The molecule has 0 saturated carbocycles. The van der Waals surface area contributed by atoms with Crippen molar-refractivity contribution in [1.29, 1.82) is 5.26 Å². The van der Waals surface area contributed by atoms with Crippen molar-refractivity contribution >= 4 is 50.4 Å². The minimum Gasteiger partial charge on any atom is -0.456 e. The van der Waals surface area contributed by atoms with E-state index in [9.17, 15) is 5.26 Å². The maximum absolute atomic E-state index is 9.74. The van der Waals surface area contributed by atoms with Gasteiger partial charge in [-0.1, -0.05) is 91.0 Å². The number of allylic oxidation sites excluding steroid dienone is 1. The van der Waals surface area contributed by atoms with Gasteiger partial charge in [0.05, 0.1) is 28.8 Å². The molecule has 5 nitrogen and oxygen atoms in total. The van der Waals surface area contributed by atoms with Gasteiger partial charge in [0.1, 0.15) is 16.9 Å². The third kappa shape index (κ3) is 5.90. The molecule has 1 aliphatic rings. The number of nitriles is 1. The smallest absolute Gasteiger partial charge is 0.152 e. The largest absolute Gasteiger partial charge is 0.456 e. The Hall–Kier alpha value is -6.92. The van der Waals surface area contributed by atoms with E-state index in [1.54, 1.807) is 6.07 Å². The van der Waals surface area contributed by atoms with Crippen molar-refractivity contribution in [2.24, 2.45) is 10.7 Å². The highest BCUT2D eigenvalue weighted by Gasteiger charge is 2.20. The van der Waals surface area contributed by atoms with E-state index in [0.29, 0.717) is 11.3 Å². The first-order valence-corrected chi connectivity index (χ1v) is 17.7. The lowest BCUT2D eigenvalue weighted by atomic mass is 9.91. The van der Waals surface area contributed by atoms with Crippen LogP contribution in [0.3, 0.4) is 0 Å². The summed E-state index contributed by atoms with van der Waals surface area (Å²) in [4.78, 5) is 5.11. The van der Waals surface area contributed by atoms with Crippen molar-refractivity contribution in [3.63, 3.8) is 0 Å². The quantitative estimate of drug-likeness (QED) is 0.169. The number of nitrogens with zero attached hydrogens (tertiary/aromatic N) is 2. The van der Waals surface area contributed by atoms with Crippen LogP contribution in [0.5, 0.6) is 0 Å². The Bertz CT molecular complexity index is 2830. The van der Waals surface area contributed by atoms with Crippen LogP contribution in [0.15, 0.2) is 147 Å². The van der Waals surface area contributed by atoms with Crippen LogP contribution in [0.4, 0.5) is 0 Å². The van der Waals surface area contributed by atoms with E-state index in [1.807, 2.05) is 91.9 Å².